The third-order valence-electron chi connectivity index (χ3n) is 1.73. The van der Waals surface area contributed by atoms with E-state index < -0.39 is 0 Å². The van der Waals surface area contributed by atoms with Crippen molar-refractivity contribution in [3.05, 3.63) is 24.5 Å². The first-order valence-corrected chi connectivity index (χ1v) is 6.42. The number of carbonyl (C=O) groups excluding carboxylic acids is 1. The highest BCUT2D eigenvalue weighted by Crippen LogP contribution is 2.25. The fourth-order valence-electron chi connectivity index (χ4n) is 1.02. The average molecular weight is 252 g/mol. The van der Waals surface area contributed by atoms with Gasteiger partial charge >= 0.3 is 0 Å². The molecule has 0 fully saturated rings. The lowest BCUT2D eigenvalue weighted by Crippen LogP contribution is -2.02. The van der Waals surface area contributed by atoms with Crippen LogP contribution in [0.1, 0.15) is 0 Å². The molecule has 2 rings (SSSR count). The Kier molecular flexibility index (Phi) is 3.47. The summed E-state index contributed by atoms with van der Waals surface area (Å²) in [7, 11) is 0. The summed E-state index contributed by atoms with van der Waals surface area (Å²) in [6, 6.07) is 3.73. The molecule has 1 N–H and O–H groups in total. The molecule has 0 aromatic carbocycles. The van der Waals surface area contributed by atoms with Gasteiger partial charge in [-0.25, -0.2) is 0 Å². The molecule has 2 aromatic rings. The summed E-state index contributed by atoms with van der Waals surface area (Å²) < 4.78 is 0. The number of hydrogen-bond acceptors (Lipinski definition) is 6. The van der Waals surface area contributed by atoms with Crippen LogP contribution in [0.4, 0.5) is 9.93 Å². The minimum absolute atomic E-state index is 0.145. The van der Waals surface area contributed by atoms with Gasteiger partial charge in [-0.15, -0.1) is 10.2 Å². The first-order valence-electron chi connectivity index (χ1n) is 4.38. The van der Waals surface area contributed by atoms with Crippen molar-refractivity contribution in [3.63, 3.8) is 0 Å². The molecule has 2 aromatic heterocycles. The Bertz CT molecular complexity index is 485. The van der Waals surface area contributed by atoms with E-state index >= 15 is 0 Å². The first kappa shape index (κ1) is 11.0. The normalized spacial score (nSPS) is 10.1. The van der Waals surface area contributed by atoms with E-state index in [2.05, 4.69) is 20.5 Å². The van der Waals surface area contributed by atoms with Crippen LogP contribution in [0.5, 0.6) is 0 Å². The molecule has 0 saturated heterocycles. The molecule has 0 unspecified atom stereocenters. The molecule has 0 atom stereocenters. The number of hydrogen-bond donors (Lipinski definition) is 1. The monoisotopic (exact) mass is 252 g/mol. The van der Waals surface area contributed by atoms with Crippen molar-refractivity contribution in [3.8, 4) is 10.6 Å². The van der Waals surface area contributed by atoms with Gasteiger partial charge in [-0.1, -0.05) is 23.1 Å². The summed E-state index contributed by atoms with van der Waals surface area (Å²) in [6.45, 7) is 0. The van der Waals surface area contributed by atoms with Gasteiger partial charge in [0.25, 0.3) is 5.24 Å². The lowest BCUT2D eigenvalue weighted by Gasteiger charge is -1.94. The van der Waals surface area contributed by atoms with Crippen LogP contribution in [0, 0.1) is 0 Å². The maximum absolute atomic E-state index is 11.1. The summed E-state index contributed by atoms with van der Waals surface area (Å²) in [4.78, 5) is 15.1. The highest BCUT2D eigenvalue weighted by atomic mass is 32.2. The van der Waals surface area contributed by atoms with Gasteiger partial charge in [-0.3, -0.25) is 15.1 Å². The number of aromatic nitrogens is 3. The van der Waals surface area contributed by atoms with E-state index in [0.717, 1.165) is 22.3 Å². The zero-order valence-corrected chi connectivity index (χ0v) is 10.0. The summed E-state index contributed by atoms with van der Waals surface area (Å²) >= 11 is 2.42. The van der Waals surface area contributed by atoms with Gasteiger partial charge in [-0.2, -0.15) is 0 Å². The van der Waals surface area contributed by atoms with Crippen LogP contribution in [-0.4, -0.2) is 26.7 Å². The van der Waals surface area contributed by atoms with Crippen molar-refractivity contribution in [2.45, 2.75) is 0 Å². The SMILES string of the molecule is CSC(=O)Nc1nnc(-c2cccnc2)s1. The summed E-state index contributed by atoms with van der Waals surface area (Å²) in [6.07, 6.45) is 5.11. The van der Waals surface area contributed by atoms with E-state index in [1.54, 1.807) is 18.6 Å². The summed E-state index contributed by atoms with van der Waals surface area (Å²) in [5.74, 6) is 0. The van der Waals surface area contributed by atoms with E-state index in [4.69, 9.17) is 0 Å². The molecule has 2 heterocycles. The summed E-state index contributed by atoms with van der Waals surface area (Å²) in [5.41, 5.74) is 0.893. The fraction of sp³-hybridized carbons (Fsp3) is 0.111. The van der Waals surface area contributed by atoms with Crippen LogP contribution >= 0.6 is 23.1 Å². The molecule has 0 aliphatic rings. The number of nitrogens with one attached hydrogen (secondary N) is 1. The maximum Gasteiger partial charge on any atom is 0.285 e. The Morgan fingerprint density at radius 3 is 3.06 bits per heavy atom. The molecule has 0 spiro atoms. The second kappa shape index (κ2) is 5.04. The first-order chi connectivity index (χ1) is 7.79. The molecule has 16 heavy (non-hydrogen) atoms. The number of rotatable bonds is 2. The van der Waals surface area contributed by atoms with Gasteiger partial charge in [0.1, 0.15) is 0 Å². The van der Waals surface area contributed by atoms with E-state index in [-0.39, 0.29) is 5.24 Å². The molecule has 0 saturated carbocycles. The standard InChI is InChI=1S/C9H8N4OS2/c1-15-9(14)11-8-13-12-7(16-8)6-3-2-4-10-5-6/h2-5H,1H3,(H,11,13,14). The van der Waals surface area contributed by atoms with Gasteiger partial charge < -0.3 is 0 Å². The van der Waals surface area contributed by atoms with Crippen molar-refractivity contribution in [2.24, 2.45) is 0 Å². The molecule has 5 nitrogen and oxygen atoms in total. The highest BCUT2D eigenvalue weighted by Gasteiger charge is 2.08. The Morgan fingerprint density at radius 2 is 2.38 bits per heavy atom. The minimum atomic E-state index is -0.145. The van der Waals surface area contributed by atoms with Crippen molar-refractivity contribution in [1.82, 2.24) is 15.2 Å². The number of anilines is 1. The van der Waals surface area contributed by atoms with E-state index in [0.29, 0.717) is 5.13 Å². The Morgan fingerprint density at radius 1 is 1.50 bits per heavy atom. The number of nitrogens with zero attached hydrogens (tertiary/aromatic N) is 3. The van der Waals surface area contributed by atoms with Crippen LogP contribution in [0.25, 0.3) is 10.6 Å². The van der Waals surface area contributed by atoms with Crippen molar-refractivity contribution >= 4 is 33.5 Å². The van der Waals surface area contributed by atoms with Gasteiger partial charge in [0, 0.05) is 18.0 Å². The quantitative estimate of drug-likeness (QED) is 0.889. The Balaban J connectivity index is 2.17. The molecular weight excluding hydrogens is 244 g/mol. The molecular formula is C9H8N4OS2. The average Bonchev–Trinajstić information content (AvgIpc) is 2.78. The van der Waals surface area contributed by atoms with Crippen LogP contribution < -0.4 is 5.32 Å². The predicted octanol–water partition coefficient (Wildman–Crippen LogP) is 2.50. The summed E-state index contributed by atoms with van der Waals surface area (Å²) in [5, 5.41) is 11.6. The van der Waals surface area contributed by atoms with E-state index in [9.17, 15) is 4.79 Å². The number of thioether (sulfide) groups is 1. The van der Waals surface area contributed by atoms with Gasteiger partial charge in [-0.05, 0) is 18.4 Å². The topological polar surface area (TPSA) is 67.8 Å². The second-order valence-electron chi connectivity index (χ2n) is 2.77. The van der Waals surface area contributed by atoms with Crippen molar-refractivity contribution in [2.75, 3.05) is 11.6 Å². The molecule has 0 radical (unpaired) electrons. The van der Waals surface area contributed by atoms with Gasteiger partial charge in [0.15, 0.2) is 5.01 Å². The number of pyridine rings is 1. The molecule has 7 heteroatoms. The Hall–Kier alpha value is -1.47. The van der Waals surface area contributed by atoms with Gasteiger partial charge in [0.05, 0.1) is 0 Å². The van der Waals surface area contributed by atoms with E-state index in [1.165, 1.54) is 11.3 Å². The fourth-order valence-corrected chi connectivity index (χ4v) is 2.01. The van der Waals surface area contributed by atoms with Crippen LogP contribution in [0.15, 0.2) is 24.5 Å². The molecule has 0 bridgehead atoms. The highest BCUT2D eigenvalue weighted by molar-refractivity contribution is 8.13. The third-order valence-corrected chi connectivity index (χ3v) is 3.09. The lowest BCUT2D eigenvalue weighted by atomic mass is 10.3. The molecule has 1 amide bonds. The number of carbonyl (C=O) groups is 1. The molecule has 0 aliphatic carbocycles. The van der Waals surface area contributed by atoms with Gasteiger partial charge in [0.2, 0.25) is 5.13 Å². The van der Waals surface area contributed by atoms with Crippen LogP contribution in [-0.2, 0) is 0 Å². The zero-order valence-electron chi connectivity index (χ0n) is 8.38. The largest absolute Gasteiger partial charge is 0.291 e. The maximum atomic E-state index is 11.1. The molecule has 82 valence electrons. The van der Waals surface area contributed by atoms with Crippen molar-refractivity contribution < 1.29 is 4.79 Å². The Labute approximate surface area is 100 Å². The third kappa shape index (κ3) is 2.56. The minimum Gasteiger partial charge on any atom is -0.291 e. The smallest absolute Gasteiger partial charge is 0.285 e. The van der Waals surface area contributed by atoms with E-state index in [1.807, 2.05) is 12.1 Å². The second-order valence-corrected chi connectivity index (χ2v) is 4.53. The predicted molar refractivity (Wildman–Crippen MR) is 65.7 cm³/mol. The van der Waals surface area contributed by atoms with Crippen LogP contribution in [0.3, 0.4) is 0 Å². The van der Waals surface area contributed by atoms with Crippen molar-refractivity contribution in [1.29, 1.82) is 0 Å². The lowest BCUT2D eigenvalue weighted by molar-refractivity contribution is 0.270. The number of amides is 1. The zero-order chi connectivity index (χ0) is 11.4. The van der Waals surface area contributed by atoms with Crippen LogP contribution in [0.2, 0.25) is 0 Å². The molecule has 0 aliphatic heterocycles.